The summed E-state index contributed by atoms with van der Waals surface area (Å²) >= 11 is 0. The van der Waals surface area contributed by atoms with Gasteiger partial charge in [0.2, 0.25) is 0 Å². The first-order valence-corrected chi connectivity index (χ1v) is 5.23. The maximum atomic E-state index is 11.0. The number of carbonyl (C=O) groups excluding carboxylic acids is 1. The van der Waals surface area contributed by atoms with Crippen LogP contribution in [0.15, 0.2) is 30.5 Å². The Labute approximate surface area is 103 Å². The number of carbonyl (C=O) groups is 1. The van der Waals surface area contributed by atoms with Gasteiger partial charge in [-0.2, -0.15) is 10.4 Å². The molecule has 0 aliphatic heterocycles. The van der Waals surface area contributed by atoms with E-state index in [0.717, 1.165) is 11.3 Å². The van der Waals surface area contributed by atoms with Gasteiger partial charge in [-0.25, -0.2) is 4.68 Å². The lowest BCUT2D eigenvalue weighted by Crippen LogP contribution is -2.12. The van der Waals surface area contributed by atoms with Gasteiger partial charge in [0.25, 0.3) is 5.91 Å². The minimum absolute atomic E-state index is 0.189. The molecule has 0 bridgehead atoms. The van der Waals surface area contributed by atoms with Crippen molar-refractivity contribution in [3.63, 3.8) is 0 Å². The Bertz CT molecular complexity index is 638. The molecule has 90 valence electrons. The Kier molecular flexibility index (Phi) is 2.98. The van der Waals surface area contributed by atoms with E-state index in [-0.39, 0.29) is 12.1 Å². The quantitative estimate of drug-likeness (QED) is 0.767. The number of hydrogen-bond acceptors (Lipinski definition) is 4. The third-order valence-electron chi connectivity index (χ3n) is 2.50. The van der Waals surface area contributed by atoms with Gasteiger partial charge in [0.1, 0.15) is 5.69 Å². The molecule has 1 aromatic heterocycles. The van der Waals surface area contributed by atoms with Crippen LogP contribution in [-0.4, -0.2) is 15.7 Å². The van der Waals surface area contributed by atoms with Crippen molar-refractivity contribution in [2.45, 2.75) is 6.42 Å². The van der Waals surface area contributed by atoms with Crippen molar-refractivity contribution in [1.29, 1.82) is 5.26 Å². The molecule has 6 nitrogen and oxygen atoms in total. The average molecular weight is 241 g/mol. The fourth-order valence-electron chi connectivity index (χ4n) is 1.57. The van der Waals surface area contributed by atoms with Crippen LogP contribution < -0.4 is 11.5 Å². The zero-order valence-corrected chi connectivity index (χ0v) is 9.50. The second kappa shape index (κ2) is 4.59. The number of amides is 1. The summed E-state index contributed by atoms with van der Waals surface area (Å²) in [5.74, 6) is -0.582. The Hall–Kier alpha value is -2.81. The van der Waals surface area contributed by atoms with E-state index in [0.29, 0.717) is 5.69 Å². The number of nitrogen functional groups attached to an aromatic ring is 1. The van der Waals surface area contributed by atoms with Gasteiger partial charge >= 0.3 is 0 Å². The highest BCUT2D eigenvalue weighted by Gasteiger charge is 2.07. The van der Waals surface area contributed by atoms with Gasteiger partial charge in [0.05, 0.1) is 18.2 Å². The molecular weight excluding hydrogens is 230 g/mol. The van der Waals surface area contributed by atoms with Gasteiger partial charge in [-0.1, -0.05) is 0 Å². The van der Waals surface area contributed by atoms with Crippen molar-refractivity contribution in [1.82, 2.24) is 9.78 Å². The third kappa shape index (κ3) is 2.15. The monoisotopic (exact) mass is 241 g/mol. The number of benzene rings is 1. The van der Waals surface area contributed by atoms with Gasteiger partial charge in [-0.05, 0) is 29.8 Å². The standard InChI is InChI=1S/C12H11N5O/c13-5-3-8-7-9(1-2-10(8)14)17-6-4-11(16-17)12(15)18/h1-2,4,6-7H,3,14H2,(H2,15,18). The average Bonchev–Trinajstić information content (AvgIpc) is 2.82. The fourth-order valence-corrected chi connectivity index (χ4v) is 1.57. The Morgan fingerprint density at radius 3 is 2.83 bits per heavy atom. The molecule has 0 spiro atoms. The van der Waals surface area contributed by atoms with Crippen LogP contribution in [0.5, 0.6) is 0 Å². The minimum Gasteiger partial charge on any atom is -0.398 e. The molecule has 0 saturated heterocycles. The molecule has 1 aromatic carbocycles. The summed E-state index contributed by atoms with van der Waals surface area (Å²) in [4.78, 5) is 11.0. The predicted molar refractivity (Wildman–Crippen MR) is 65.8 cm³/mol. The van der Waals surface area contributed by atoms with Crippen LogP contribution in [0.2, 0.25) is 0 Å². The van der Waals surface area contributed by atoms with Gasteiger partial charge in [0.15, 0.2) is 0 Å². The molecule has 2 rings (SSSR count). The third-order valence-corrected chi connectivity index (χ3v) is 2.50. The summed E-state index contributed by atoms with van der Waals surface area (Å²) in [7, 11) is 0. The SMILES string of the molecule is N#CCc1cc(-n2ccc(C(N)=O)n2)ccc1N. The van der Waals surface area contributed by atoms with Crippen molar-refractivity contribution in [3.8, 4) is 11.8 Å². The topological polar surface area (TPSA) is 111 Å². The number of anilines is 1. The highest BCUT2D eigenvalue weighted by atomic mass is 16.1. The first-order valence-electron chi connectivity index (χ1n) is 5.23. The zero-order valence-electron chi connectivity index (χ0n) is 9.50. The molecule has 0 atom stereocenters. The van der Waals surface area contributed by atoms with Gasteiger partial charge in [-0.15, -0.1) is 0 Å². The molecule has 18 heavy (non-hydrogen) atoms. The van der Waals surface area contributed by atoms with E-state index in [4.69, 9.17) is 16.7 Å². The number of nitrogens with zero attached hydrogens (tertiary/aromatic N) is 3. The maximum Gasteiger partial charge on any atom is 0.269 e. The Morgan fingerprint density at radius 2 is 2.22 bits per heavy atom. The molecule has 0 aliphatic carbocycles. The van der Waals surface area contributed by atoms with Gasteiger partial charge in [0, 0.05) is 11.9 Å². The molecule has 1 amide bonds. The van der Waals surface area contributed by atoms with E-state index in [1.54, 1.807) is 24.4 Å². The highest BCUT2D eigenvalue weighted by Crippen LogP contribution is 2.17. The van der Waals surface area contributed by atoms with Crippen molar-refractivity contribution >= 4 is 11.6 Å². The number of hydrogen-bond donors (Lipinski definition) is 2. The fraction of sp³-hybridized carbons (Fsp3) is 0.0833. The normalized spacial score (nSPS) is 9.94. The number of primary amides is 1. The summed E-state index contributed by atoms with van der Waals surface area (Å²) in [6.07, 6.45) is 1.85. The molecule has 0 fully saturated rings. The minimum atomic E-state index is -0.582. The van der Waals surface area contributed by atoms with E-state index in [9.17, 15) is 4.79 Å². The van der Waals surface area contributed by atoms with Gasteiger partial charge < -0.3 is 11.5 Å². The van der Waals surface area contributed by atoms with Crippen LogP contribution in [0.25, 0.3) is 5.69 Å². The molecule has 0 aliphatic rings. The van der Waals surface area contributed by atoms with Crippen LogP contribution in [0.1, 0.15) is 16.1 Å². The summed E-state index contributed by atoms with van der Waals surface area (Å²) in [5, 5.41) is 12.7. The molecule has 2 aromatic rings. The lowest BCUT2D eigenvalue weighted by atomic mass is 10.1. The predicted octanol–water partition coefficient (Wildman–Crippen LogP) is 0.619. The van der Waals surface area contributed by atoms with E-state index >= 15 is 0 Å². The van der Waals surface area contributed by atoms with E-state index in [1.165, 1.54) is 10.7 Å². The van der Waals surface area contributed by atoms with E-state index in [2.05, 4.69) is 5.10 Å². The van der Waals surface area contributed by atoms with Crippen LogP contribution >= 0.6 is 0 Å². The number of nitriles is 1. The number of aromatic nitrogens is 2. The molecule has 0 saturated carbocycles. The van der Waals surface area contributed by atoms with Crippen LogP contribution in [0.3, 0.4) is 0 Å². The second-order valence-electron chi connectivity index (χ2n) is 3.73. The molecule has 1 heterocycles. The summed E-state index contributed by atoms with van der Waals surface area (Å²) < 4.78 is 1.51. The first-order chi connectivity index (χ1) is 8.61. The Morgan fingerprint density at radius 1 is 1.44 bits per heavy atom. The number of rotatable bonds is 3. The summed E-state index contributed by atoms with van der Waals surface area (Å²) in [6, 6.07) is 8.79. The van der Waals surface area contributed by atoms with E-state index in [1.807, 2.05) is 6.07 Å². The van der Waals surface area contributed by atoms with Crippen molar-refractivity contribution < 1.29 is 4.79 Å². The van der Waals surface area contributed by atoms with Crippen LogP contribution in [0.4, 0.5) is 5.69 Å². The summed E-state index contributed by atoms with van der Waals surface area (Å²) in [6.45, 7) is 0. The molecule has 0 radical (unpaired) electrons. The smallest absolute Gasteiger partial charge is 0.269 e. The first kappa shape index (κ1) is 11.7. The van der Waals surface area contributed by atoms with Gasteiger partial charge in [-0.3, -0.25) is 4.79 Å². The molecular formula is C12H11N5O. The Balaban J connectivity index is 2.41. The largest absolute Gasteiger partial charge is 0.398 e. The molecule has 0 unspecified atom stereocenters. The van der Waals surface area contributed by atoms with Crippen molar-refractivity contribution in [2.24, 2.45) is 5.73 Å². The second-order valence-corrected chi connectivity index (χ2v) is 3.73. The van der Waals surface area contributed by atoms with Crippen molar-refractivity contribution in [2.75, 3.05) is 5.73 Å². The van der Waals surface area contributed by atoms with Crippen LogP contribution in [0, 0.1) is 11.3 Å². The molecule has 6 heteroatoms. The van der Waals surface area contributed by atoms with Crippen molar-refractivity contribution in [3.05, 3.63) is 41.7 Å². The van der Waals surface area contributed by atoms with E-state index < -0.39 is 5.91 Å². The van der Waals surface area contributed by atoms with Crippen LogP contribution in [-0.2, 0) is 6.42 Å². The highest BCUT2D eigenvalue weighted by molar-refractivity contribution is 5.90. The molecule has 4 N–H and O–H groups in total. The maximum absolute atomic E-state index is 11.0. The number of nitrogens with two attached hydrogens (primary N) is 2. The summed E-state index contributed by atoms with van der Waals surface area (Å²) in [5.41, 5.74) is 13.1. The zero-order chi connectivity index (χ0) is 13.1. The lowest BCUT2D eigenvalue weighted by molar-refractivity contribution is 0.0995. The lowest BCUT2D eigenvalue weighted by Gasteiger charge is -2.06.